The molecule has 0 saturated heterocycles. The summed E-state index contributed by atoms with van der Waals surface area (Å²) in [6.07, 6.45) is 0. The number of nitrogens with zero attached hydrogens (tertiary/aromatic N) is 1. The molecule has 0 N–H and O–H groups in total. The molecule has 0 saturated carbocycles. The first-order valence-corrected chi connectivity index (χ1v) is 18.4. The lowest BCUT2D eigenvalue weighted by atomic mass is 9.80. The zero-order valence-corrected chi connectivity index (χ0v) is 29.6. The minimum Gasteiger partial charge on any atom is -0.453 e. The normalized spacial score (nSPS) is 13.7. The molecule has 0 radical (unpaired) electrons. The third-order valence-electron chi connectivity index (χ3n) is 11.6. The van der Waals surface area contributed by atoms with Crippen LogP contribution in [-0.4, -0.2) is 0 Å². The molecule has 53 heavy (non-hydrogen) atoms. The maximum absolute atomic E-state index is 6.51. The topological polar surface area (TPSA) is 12.5 Å². The smallest absolute Gasteiger partial charge is 0.151 e. The van der Waals surface area contributed by atoms with Gasteiger partial charge in [-0.2, -0.15) is 0 Å². The van der Waals surface area contributed by atoms with E-state index in [-0.39, 0.29) is 5.41 Å². The number of rotatable bonds is 3. The van der Waals surface area contributed by atoms with E-state index in [1.165, 1.54) is 76.8 Å². The van der Waals surface area contributed by atoms with Gasteiger partial charge in [0.1, 0.15) is 0 Å². The summed E-state index contributed by atoms with van der Waals surface area (Å²) in [6, 6.07) is 64.3. The van der Waals surface area contributed by atoms with Gasteiger partial charge in [-0.3, -0.25) is 0 Å². The van der Waals surface area contributed by atoms with Gasteiger partial charge in [0.05, 0.1) is 17.1 Å². The van der Waals surface area contributed by atoms with E-state index in [9.17, 15) is 0 Å². The van der Waals surface area contributed by atoms with Gasteiger partial charge in [-0.05, 0) is 102 Å². The Morgan fingerprint density at radius 1 is 0.415 bits per heavy atom. The quantitative estimate of drug-likeness (QED) is 0.173. The highest BCUT2D eigenvalue weighted by Crippen LogP contribution is 2.56. The number of hydrogen-bond donors (Lipinski definition) is 0. The first-order chi connectivity index (χ1) is 26.1. The molecular weight excluding hydrogens is 643 g/mol. The molecule has 0 atom stereocenters. The summed E-state index contributed by atoms with van der Waals surface area (Å²) in [5.41, 5.74) is 13.5. The number of fused-ring (bicyclic) bond motifs is 8. The van der Waals surface area contributed by atoms with Crippen molar-refractivity contribution in [2.24, 2.45) is 0 Å². The molecule has 0 spiro atoms. The van der Waals surface area contributed by atoms with Crippen molar-refractivity contribution >= 4 is 49.4 Å². The molecule has 0 fully saturated rings. The highest BCUT2D eigenvalue weighted by Gasteiger charge is 2.36. The Morgan fingerprint density at radius 3 is 1.81 bits per heavy atom. The van der Waals surface area contributed by atoms with Crippen LogP contribution in [0.15, 0.2) is 176 Å². The average Bonchev–Trinajstić information content (AvgIpc) is 3.44. The van der Waals surface area contributed by atoms with Crippen LogP contribution in [0.4, 0.5) is 17.1 Å². The Balaban J connectivity index is 1.26. The summed E-state index contributed by atoms with van der Waals surface area (Å²) in [5.74, 6) is 1.70. The van der Waals surface area contributed by atoms with Crippen LogP contribution in [0.1, 0.15) is 25.0 Å². The summed E-state index contributed by atoms with van der Waals surface area (Å²) < 4.78 is 6.51. The molecule has 1 heterocycles. The minimum absolute atomic E-state index is 0.108. The summed E-state index contributed by atoms with van der Waals surface area (Å²) in [7, 11) is 0. The second kappa shape index (κ2) is 11.2. The fraction of sp³-hybridized carbons (Fsp3) is 0.0588. The molecule has 0 bridgehead atoms. The van der Waals surface area contributed by atoms with Gasteiger partial charge in [-0.15, -0.1) is 0 Å². The molecule has 11 rings (SSSR count). The van der Waals surface area contributed by atoms with Crippen LogP contribution in [0.25, 0.3) is 65.7 Å². The van der Waals surface area contributed by atoms with Crippen molar-refractivity contribution in [1.82, 2.24) is 0 Å². The fourth-order valence-electron chi connectivity index (χ4n) is 9.16. The van der Waals surface area contributed by atoms with Crippen LogP contribution < -0.4 is 9.64 Å². The highest BCUT2D eigenvalue weighted by atomic mass is 16.5. The molecule has 1 aliphatic carbocycles. The zero-order chi connectivity index (χ0) is 35.3. The van der Waals surface area contributed by atoms with Gasteiger partial charge < -0.3 is 9.64 Å². The Hall–Kier alpha value is -6.64. The van der Waals surface area contributed by atoms with Crippen molar-refractivity contribution in [3.05, 3.63) is 187 Å². The first-order valence-electron chi connectivity index (χ1n) is 18.4. The SMILES string of the molecule is CC1(C)c2ccccc2-c2ccc(-c3c4ccccc4c(N4c5ccccc5Oc5ccccc54)c4ccc(-c5cccc6ccccc56)cc34)cc21. The van der Waals surface area contributed by atoms with Crippen LogP contribution in [0, 0.1) is 0 Å². The van der Waals surface area contributed by atoms with Crippen LogP contribution >= 0.6 is 0 Å². The van der Waals surface area contributed by atoms with E-state index in [0.717, 1.165) is 28.6 Å². The van der Waals surface area contributed by atoms with Crippen LogP contribution in [0.2, 0.25) is 0 Å². The largest absolute Gasteiger partial charge is 0.453 e. The van der Waals surface area contributed by atoms with Gasteiger partial charge in [-0.1, -0.05) is 153 Å². The molecule has 0 aromatic heterocycles. The number of hydrogen-bond acceptors (Lipinski definition) is 2. The van der Waals surface area contributed by atoms with Crippen LogP contribution in [0.3, 0.4) is 0 Å². The standard InChI is InChI=1S/C51H35NO/c1-51(2)43-21-8-7-17-37(43)38-28-27-34(31-44(38)51)49-39-18-5-6-19-40(39)50(52-45-22-9-11-24-47(45)53-48-25-12-10-23-46(48)52)41-29-26-33(30-42(41)49)36-20-13-15-32-14-3-4-16-35(32)36/h3-31H,1-2H3. The third-order valence-corrected chi connectivity index (χ3v) is 11.6. The number of benzene rings is 9. The summed E-state index contributed by atoms with van der Waals surface area (Å²) in [6.45, 7) is 4.74. The van der Waals surface area contributed by atoms with E-state index in [1.54, 1.807) is 0 Å². The molecule has 9 aromatic rings. The minimum atomic E-state index is -0.108. The summed E-state index contributed by atoms with van der Waals surface area (Å²) in [4.78, 5) is 2.42. The lowest BCUT2D eigenvalue weighted by molar-refractivity contribution is 0.477. The second-order valence-electron chi connectivity index (χ2n) is 14.9. The number of para-hydroxylation sites is 4. The van der Waals surface area contributed by atoms with E-state index in [2.05, 4.69) is 183 Å². The first kappa shape index (κ1) is 30.0. The van der Waals surface area contributed by atoms with Gasteiger partial charge in [0, 0.05) is 16.2 Å². The van der Waals surface area contributed by atoms with Crippen molar-refractivity contribution in [2.75, 3.05) is 4.90 Å². The average molecular weight is 678 g/mol. The summed E-state index contributed by atoms with van der Waals surface area (Å²) >= 11 is 0. The molecule has 2 nitrogen and oxygen atoms in total. The van der Waals surface area contributed by atoms with Gasteiger partial charge in [0.2, 0.25) is 0 Å². The van der Waals surface area contributed by atoms with E-state index in [1.807, 2.05) is 12.1 Å². The molecular formula is C51H35NO. The predicted molar refractivity (Wildman–Crippen MR) is 222 cm³/mol. The van der Waals surface area contributed by atoms with Crippen molar-refractivity contribution in [3.63, 3.8) is 0 Å². The zero-order valence-electron chi connectivity index (χ0n) is 29.6. The lowest BCUT2D eigenvalue weighted by Crippen LogP contribution is -2.16. The molecule has 2 heteroatoms. The van der Waals surface area contributed by atoms with Crippen molar-refractivity contribution in [3.8, 4) is 44.9 Å². The lowest BCUT2D eigenvalue weighted by Gasteiger charge is -2.35. The van der Waals surface area contributed by atoms with Crippen LogP contribution in [0.5, 0.6) is 11.5 Å². The van der Waals surface area contributed by atoms with E-state index in [0.29, 0.717) is 0 Å². The maximum Gasteiger partial charge on any atom is 0.151 e. The van der Waals surface area contributed by atoms with Gasteiger partial charge in [-0.25, -0.2) is 0 Å². The highest BCUT2D eigenvalue weighted by molar-refractivity contribution is 6.23. The van der Waals surface area contributed by atoms with E-state index < -0.39 is 0 Å². The van der Waals surface area contributed by atoms with Crippen molar-refractivity contribution < 1.29 is 4.74 Å². The van der Waals surface area contributed by atoms with Gasteiger partial charge in [0.25, 0.3) is 0 Å². The Bertz CT molecular complexity index is 2920. The molecule has 250 valence electrons. The Morgan fingerprint density at radius 2 is 1.00 bits per heavy atom. The number of anilines is 3. The van der Waals surface area contributed by atoms with E-state index in [4.69, 9.17) is 4.74 Å². The third kappa shape index (κ3) is 4.33. The van der Waals surface area contributed by atoms with E-state index >= 15 is 0 Å². The monoisotopic (exact) mass is 677 g/mol. The van der Waals surface area contributed by atoms with Crippen molar-refractivity contribution in [2.45, 2.75) is 19.3 Å². The Labute approximate surface area is 309 Å². The molecule has 1 aliphatic heterocycles. The molecule has 0 amide bonds. The second-order valence-corrected chi connectivity index (χ2v) is 14.9. The summed E-state index contributed by atoms with van der Waals surface area (Å²) in [5, 5.41) is 7.33. The maximum atomic E-state index is 6.51. The van der Waals surface area contributed by atoms with Crippen LogP contribution in [-0.2, 0) is 5.41 Å². The van der Waals surface area contributed by atoms with Gasteiger partial charge in [0.15, 0.2) is 11.5 Å². The Kier molecular flexibility index (Phi) is 6.33. The van der Waals surface area contributed by atoms with Crippen molar-refractivity contribution in [1.29, 1.82) is 0 Å². The fourth-order valence-corrected chi connectivity index (χ4v) is 9.16. The molecule has 0 unspecified atom stereocenters. The predicted octanol–water partition coefficient (Wildman–Crippen LogP) is 14.4. The van der Waals surface area contributed by atoms with Gasteiger partial charge >= 0.3 is 0 Å². The molecule has 9 aromatic carbocycles. The molecule has 2 aliphatic rings. The number of ether oxygens (including phenoxy) is 1.